The monoisotopic (exact) mass is 508 g/mol. The number of nitrogens with zero attached hydrogens (tertiary/aromatic N) is 4. The third-order valence-corrected chi connectivity index (χ3v) is 7.38. The number of aromatic hydroxyl groups is 2. The fraction of sp³-hybridized carbons (Fsp3) is 0.0870. The van der Waals surface area contributed by atoms with Gasteiger partial charge in [0.2, 0.25) is 16.0 Å². The van der Waals surface area contributed by atoms with E-state index in [-0.39, 0.29) is 29.5 Å². The Balaban J connectivity index is 1.33. The molecule has 0 aliphatic rings. The number of hydrogen-bond donors (Lipinski definition) is 4. The molecule has 5 aromatic rings. The van der Waals surface area contributed by atoms with Crippen LogP contribution in [0.4, 0.5) is 5.95 Å². The molecular formula is C23H20N6O4S2. The molecule has 5 rings (SSSR count). The molecule has 2 aromatic carbocycles. The second-order valence-corrected chi connectivity index (χ2v) is 10.1. The number of phenols is 2. The fourth-order valence-corrected chi connectivity index (χ4v) is 5.24. The zero-order valence-electron chi connectivity index (χ0n) is 18.2. The first-order valence-electron chi connectivity index (χ1n) is 10.5. The number of phenolic OH excluding ortho intramolecular Hbond substituents is 2. The average molecular weight is 509 g/mol. The number of thiazole rings is 1. The molecule has 0 aliphatic carbocycles. The third kappa shape index (κ3) is 4.80. The molecule has 0 radical (unpaired) electrons. The highest BCUT2D eigenvalue weighted by Gasteiger charge is 2.19. The Kier molecular flexibility index (Phi) is 6.07. The highest BCUT2D eigenvalue weighted by molar-refractivity contribution is 7.89. The van der Waals surface area contributed by atoms with Gasteiger partial charge in [-0.1, -0.05) is 0 Å². The number of hydrogen-bond acceptors (Lipinski definition) is 9. The summed E-state index contributed by atoms with van der Waals surface area (Å²) in [5.74, 6) is 0.508. The molecule has 178 valence electrons. The molecule has 4 N–H and O–H groups in total. The van der Waals surface area contributed by atoms with E-state index in [9.17, 15) is 18.6 Å². The van der Waals surface area contributed by atoms with Crippen LogP contribution in [0.2, 0.25) is 0 Å². The molecule has 0 fully saturated rings. The quantitative estimate of drug-likeness (QED) is 0.234. The van der Waals surface area contributed by atoms with Crippen LogP contribution in [0.15, 0.2) is 77.3 Å². The second kappa shape index (κ2) is 9.33. The van der Waals surface area contributed by atoms with Crippen molar-refractivity contribution in [2.24, 2.45) is 0 Å². The molecule has 0 saturated carbocycles. The van der Waals surface area contributed by atoms with Crippen LogP contribution < -0.4 is 10.0 Å². The molecule has 0 atom stereocenters. The average Bonchev–Trinajstić information content (AvgIpc) is 3.44. The van der Waals surface area contributed by atoms with Crippen LogP contribution in [0.1, 0.15) is 0 Å². The van der Waals surface area contributed by atoms with Gasteiger partial charge in [-0.05, 0) is 54.6 Å². The number of fused-ring (bicyclic) bond motifs is 1. The molecule has 3 heterocycles. The lowest BCUT2D eigenvalue weighted by Crippen LogP contribution is -2.29. The van der Waals surface area contributed by atoms with E-state index < -0.39 is 10.0 Å². The van der Waals surface area contributed by atoms with E-state index in [1.54, 1.807) is 36.5 Å². The lowest BCUT2D eigenvalue weighted by molar-refractivity contribution is 0.474. The van der Waals surface area contributed by atoms with Gasteiger partial charge in [0.15, 0.2) is 4.96 Å². The van der Waals surface area contributed by atoms with Crippen molar-refractivity contribution in [2.45, 2.75) is 4.90 Å². The highest BCUT2D eigenvalue weighted by Crippen LogP contribution is 2.34. The first-order chi connectivity index (χ1) is 16.9. The van der Waals surface area contributed by atoms with Crippen molar-refractivity contribution in [1.29, 1.82) is 0 Å². The van der Waals surface area contributed by atoms with Crippen LogP contribution in [-0.4, -0.2) is 51.1 Å². The van der Waals surface area contributed by atoms with E-state index in [0.29, 0.717) is 11.6 Å². The molecule has 0 saturated heterocycles. The number of benzene rings is 2. The van der Waals surface area contributed by atoms with E-state index in [1.807, 2.05) is 16.0 Å². The van der Waals surface area contributed by atoms with Gasteiger partial charge >= 0.3 is 0 Å². The standard InChI is InChI=1S/C23H20N6O4S2/c30-16-3-1-15(2-4-16)20-21(29-13-14-34-23(29)28-20)19-9-10-24-22(27-19)25-11-12-26-35(32,33)18-7-5-17(31)6-8-18/h1-10,13-14,26,30-31H,11-12H2,(H,24,25,27). The number of anilines is 1. The van der Waals surface area contributed by atoms with Crippen LogP contribution in [-0.2, 0) is 10.0 Å². The van der Waals surface area contributed by atoms with Gasteiger partial charge in [0.1, 0.15) is 17.2 Å². The van der Waals surface area contributed by atoms with Crippen molar-refractivity contribution < 1.29 is 18.6 Å². The van der Waals surface area contributed by atoms with Crippen LogP contribution in [0.25, 0.3) is 27.6 Å². The smallest absolute Gasteiger partial charge is 0.240 e. The number of rotatable bonds is 8. The maximum atomic E-state index is 12.4. The first-order valence-corrected chi connectivity index (χ1v) is 12.9. The molecule has 35 heavy (non-hydrogen) atoms. The van der Waals surface area contributed by atoms with Gasteiger partial charge < -0.3 is 15.5 Å². The summed E-state index contributed by atoms with van der Waals surface area (Å²) in [7, 11) is -3.70. The fourth-order valence-electron chi connectivity index (χ4n) is 3.50. The van der Waals surface area contributed by atoms with E-state index in [1.165, 1.54) is 35.6 Å². The van der Waals surface area contributed by atoms with E-state index in [0.717, 1.165) is 21.9 Å². The molecule has 0 spiro atoms. The minimum atomic E-state index is -3.70. The van der Waals surface area contributed by atoms with Crippen molar-refractivity contribution in [1.82, 2.24) is 24.1 Å². The van der Waals surface area contributed by atoms with Gasteiger partial charge in [0, 0.05) is 36.4 Å². The molecule has 0 bridgehead atoms. The zero-order valence-corrected chi connectivity index (χ0v) is 19.8. The first kappa shape index (κ1) is 22.8. The molecule has 0 aliphatic heterocycles. The largest absolute Gasteiger partial charge is 0.508 e. The van der Waals surface area contributed by atoms with Crippen molar-refractivity contribution in [2.75, 3.05) is 18.4 Å². The Bertz CT molecular complexity index is 1580. The minimum Gasteiger partial charge on any atom is -0.508 e. The third-order valence-electron chi connectivity index (χ3n) is 5.15. The van der Waals surface area contributed by atoms with Gasteiger partial charge in [0.25, 0.3) is 0 Å². The summed E-state index contributed by atoms with van der Waals surface area (Å²) in [6, 6.07) is 13.9. The maximum absolute atomic E-state index is 12.4. The summed E-state index contributed by atoms with van der Waals surface area (Å²) >= 11 is 1.50. The predicted octanol–water partition coefficient (Wildman–Crippen LogP) is 3.32. The van der Waals surface area contributed by atoms with Crippen molar-refractivity contribution in [3.05, 3.63) is 72.4 Å². The normalized spacial score (nSPS) is 11.7. The van der Waals surface area contributed by atoms with E-state index in [2.05, 4.69) is 20.0 Å². The number of aromatic nitrogens is 4. The van der Waals surface area contributed by atoms with Gasteiger partial charge in [-0.15, -0.1) is 11.3 Å². The van der Waals surface area contributed by atoms with Gasteiger partial charge in [-0.3, -0.25) is 4.40 Å². The Morgan fingerprint density at radius 3 is 2.37 bits per heavy atom. The number of nitrogens with one attached hydrogen (secondary N) is 2. The van der Waals surface area contributed by atoms with Gasteiger partial charge in [-0.25, -0.2) is 28.1 Å². The zero-order chi connectivity index (χ0) is 24.4. The maximum Gasteiger partial charge on any atom is 0.240 e. The molecule has 3 aromatic heterocycles. The van der Waals surface area contributed by atoms with E-state index in [4.69, 9.17) is 4.98 Å². The van der Waals surface area contributed by atoms with Crippen LogP contribution in [0.5, 0.6) is 11.5 Å². The highest BCUT2D eigenvalue weighted by atomic mass is 32.2. The lowest BCUT2D eigenvalue weighted by Gasteiger charge is -2.09. The summed E-state index contributed by atoms with van der Waals surface area (Å²) in [5, 5.41) is 24.0. The topological polar surface area (TPSA) is 142 Å². The minimum absolute atomic E-state index is 0.00544. The summed E-state index contributed by atoms with van der Waals surface area (Å²) in [6.45, 7) is 0.364. The van der Waals surface area contributed by atoms with Gasteiger partial charge in [0.05, 0.1) is 16.3 Å². The van der Waals surface area contributed by atoms with Crippen molar-refractivity contribution in [3.63, 3.8) is 0 Å². The van der Waals surface area contributed by atoms with Crippen LogP contribution >= 0.6 is 11.3 Å². The second-order valence-electron chi connectivity index (χ2n) is 7.50. The Hall–Kier alpha value is -4.00. The van der Waals surface area contributed by atoms with Gasteiger partial charge in [-0.2, -0.15) is 0 Å². The summed E-state index contributed by atoms with van der Waals surface area (Å²) in [6.07, 6.45) is 3.54. The van der Waals surface area contributed by atoms with Crippen LogP contribution in [0, 0.1) is 0 Å². The van der Waals surface area contributed by atoms with Crippen molar-refractivity contribution >= 4 is 32.3 Å². The van der Waals surface area contributed by atoms with Crippen molar-refractivity contribution in [3.8, 4) is 34.1 Å². The number of sulfonamides is 1. The number of imidazole rings is 1. The summed E-state index contributed by atoms with van der Waals surface area (Å²) in [4.78, 5) is 14.5. The van der Waals surface area contributed by atoms with Crippen LogP contribution in [0.3, 0.4) is 0 Å². The van der Waals surface area contributed by atoms with E-state index >= 15 is 0 Å². The summed E-state index contributed by atoms with van der Waals surface area (Å²) in [5.41, 5.74) is 2.99. The molecule has 0 unspecified atom stereocenters. The molecule has 0 amide bonds. The molecule has 12 heteroatoms. The SMILES string of the molecule is O=S(=O)(NCCNc1nccc(-c2c(-c3ccc(O)cc3)nc3sccn23)n1)c1ccc(O)cc1. The molecular weight excluding hydrogens is 488 g/mol. The Morgan fingerprint density at radius 2 is 1.63 bits per heavy atom. The molecule has 10 nitrogen and oxygen atoms in total. The summed E-state index contributed by atoms with van der Waals surface area (Å²) < 4.78 is 29.2. The Morgan fingerprint density at radius 1 is 0.914 bits per heavy atom. The predicted molar refractivity (Wildman–Crippen MR) is 133 cm³/mol. The lowest BCUT2D eigenvalue weighted by atomic mass is 10.1. The Labute approximate surface area is 204 Å².